The molecule has 1 aliphatic rings. The molecule has 0 fully saturated rings. The number of sulfone groups is 1. The smallest absolute Gasteiger partial charge is 0.404 e. The summed E-state index contributed by atoms with van der Waals surface area (Å²) in [5, 5.41) is 4.54. The monoisotopic (exact) mass is 443 g/mol. The number of pyridine rings is 1. The van der Waals surface area contributed by atoms with Gasteiger partial charge in [-0.2, -0.15) is 5.10 Å². The van der Waals surface area contributed by atoms with Gasteiger partial charge in [0, 0.05) is 19.7 Å². The second-order valence-electron chi connectivity index (χ2n) is 7.41. The van der Waals surface area contributed by atoms with Gasteiger partial charge in [-0.3, -0.25) is 4.68 Å². The maximum absolute atomic E-state index is 12.9. The van der Waals surface area contributed by atoms with Gasteiger partial charge in [0.1, 0.15) is 21.9 Å². The minimum atomic E-state index is -4.85. The third-order valence-corrected chi connectivity index (χ3v) is 7.00. The largest absolute Gasteiger partial charge is 0.573 e. The van der Waals surface area contributed by atoms with Gasteiger partial charge >= 0.3 is 6.36 Å². The Kier molecular flexibility index (Phi) is 4.79. The van der Waals surface area contributed by atoms with Gasteiger partial charge in [0.15, 0.2) is 21.3 Å². The van der Waals surface area contributed by atoms with Crippen LogP contribution in [0, 0.1) is 5.92 Å². The summed E-state index contributed by atoms with van der Waals surface area (Å²) >= 11 is 0. The summed E-state index contributed by atoms with van der Waals surface area (Å²) in [7, 11) is -1.99. The summed E-state index contributed by atoms with van der Waals surface area (Å²) in [6.07, 6.45) is -2.48. The maximum Gasteiger partial charge on any atom is 0.573 e. The van der Waals surface area contributed by atoms with Gasteiger partial charge in [-0.25, -0.2) is 18.4 Å². The molecule has 0 radical (unpaired) electrons. The lowest BCUT2D eigenvalue weighted by Crippen LogP contribution is -2.20. The quantitative estimate of drug-likeness (QED) is 0.615. The Morgan fingerprint density at radius 2 is 2.07 bits per heavy atom. The summed E-state index contributed by atoms with van der Waals surface area (Å²) in [6, 6.07) is 1.12. The van der Waals surface area contributed by atoms with Crippen molar-refractivity contribution in [1.82, 2.24) is 24.3 Å². The highest BCUT2D eigenvalue weighted by Gasteiger charge is 2.34. The zero-order chi connectivity index (χ0) is 21.8. The molecule has 12 heteroatoms. The zero-order valence-corrected chi connectivity index (χ0v) is 17.4. The Balaban J connectivity index is 1.91. The molecule has 0 saturated heterocycles. The second kappa shape index (κ2) is 6.96. The minimum absolute atomic E-state index is 0.0972. The van der Waals surface area contributed by atoms with E-state index in [1.54, 1.807) is 18.7 Å². The summed E-state index contributed by atoms with van der Waals surface area (Å²) in [6.45, 7) is 4.22. The number of hydrogen-bond acceptors (Lipinski definition) is 6. The zero-order valence-electron chi connectivity index (χ0n) is 16.6. The summed E-state index contributed by atoms with van der Waals surface area (Å²) in [5.41, 5.74) is 1.28. The minimum Gasteiger partial charge on any atom is -0.404 e. The number of hydrogen-bond donors (Lipinski definition) is 0. The number of aromatic nitrogens is 5. The average molecular weight is 443 g/mol. The molecule has 1 unspecified atom stereocenters. The number of aryl methyl sites for hydroxylation is 1. The van der Waals surface area contributed by atoms with Gasteiger partial charge in [0.25, 0.3) is 0 Å². The van der Waals surface area contributed by atoms with Crippen molar-refractivity contribution in [3.8, 4) is 17.3 Å². The molecular formula is C18H20F3N5O3S. The van der Waals surface area contributed by atoms with Crippen LogP contribution in [0.25, 0.3) is 22.7 Å². The summed E-state index contributed by atoms with van der Waals surface area (Å²) in [5.74, 6) is -0.0196. The molecule has 0 aromatic carbocycles. The SMILES string of the molecule is CCS(=O)(=O)c1c(-c2nc3cc(OC(F)(F)F)cnc3n2C)nn2c1CCC(C)C2. The standard InChI is InChI=1S/C18H20F3N5O3S/c1-4-30(27,28)15-13-6-5-10(2)9-26(13)24-14(15)17-23-12-7-11(29-18(19,20)21)8-22-16(12)25(17)3/h7-8,10H,4-6,9H2,1-3H3. The van der Waals surface area contributed by atoms with Crippen molar-refractivity contribution in [2.45, 2.75) is 44.5 Å². The molecule has 1 atom stereocenters. The van der Waals surface area contributed by atoms with E-state index in [0.717, 1.165) is 18.7 Å². The number of fused-ring (bicyclic) bond motifs is 2. The Bertz CT molecular complexity index is 1230. The molecule has 3 aromatic heterocycles. The highest BCUT2D eigenvalue weighted by atomic mass is 32.2. The molecule has 0 spiro atoms. The molecular weight excluding hydrogens is 423 g/mol. The second-order valence-corrected chi connectivity index (χ2v) is 9.62. The molecule has 4 rings (SSSR count). The fourth-order valence-corrected chi connectivity index (χ4v) is 5.00. The van der Waals surface area contributed by atoms with Gasteiger partial charge in [-0.15, -0.1) is 13.2 Å². The van der Waals surface area contributed by atoms with Gasteiger partial charge in [0.2, 0.25) is 0 Å². The van der Waals surface area contributed by atoms with Crippen LogP contribution in [0.15, 0.2) is 17.2 Å². The number of ether oxygens (including phenoxy) is 1. The highest BCUT2D eigenvalue weighted by Crippen LogP contribution is 2.35. The van der Waals surface area contributed by atoms with Gasteiger partial charge in [-0.1, -0.05) is 13.8 Å². The van der Waals surface area contributed by atoms with Gasteiger partial charge < -0.3 is 9.30 Å². The van der Waals surface area contributed by atoms with E-state index in [1.807, 2.05) is 0 Å². The van der Waals surface area contributed by atoms with E-state index in [2.05, 4.69) is 26.7 Å². The highest BCUT2D eigenvalue weighted by molar-refractivity contribution is 7.91. The van der Waals surface area contributed by atoms with Gasteiger partial charge in [0.05, 0.1) is 17.6 Å². The molecule has 4 heterocycles. The van der Waals surface area contributed by atoms with Crippen LogP contribution < -0.4 is 4.74 Å². The molecule has 0 N–H and O–H groups in total. The molecule has 3 aromatic rings. The topological polar surface area (TPSA) is 91.9 Å². The van der Waals surface area contributed by atoms with Crippen LogP contribution in [-0.2, 0) is 29.9 Å². The first-order valence-corrected chi connectivity index (χ1v) is 11.1. The fourth-order valence-electron chi connectivity index (χ4n) is 3.72. The van der Waals surface area contributed by atoms with E-state index in [0.29, 0.717) is 30.2 Å². The number of rotatable bonds is 4. The van der Waals surface area contributed by atoms with E-state index < -0.39 is 21.9 Å². The van der Waals surface area contributed by atoms with Crippen LogP contribution in [0.1, 0.15) is 26.0 Å². The first-order chi connectivity index (χ1) is 14.0. The van der Waals surface area contributed by atoms with E-state index in [4.69, 9.17) is 0 Å². The average Bonchev–Trinajstić information content (AvgIpc) is 3.18. The molecule has 0 bridgehead atoms. The number of nitrogens with zero attached hydrogens (tertiary/aromatic N) is 5. The van der Waals surface area contributed by atoms with Crippen molar-refractivity contribution < 1.29 is 26.3 Å². The van der Waals surface area contributed by atoms with E-state index in [1.165, 1.54) is 4.57 Å². The summed E-state index contributed by atoms with van der Waals surface area (Å²) < 4.78 is 70.5. The molecule has 30 heavy (non-hydrogen) atoms. The Labute approximate surface area is 170 Å². The van der Waals surface area contributed by atoms with Crippen molar-refractivity contribution in [1.29, 1.82) is 0 Å². The predicted molar refractivity (Wildman–Crippen MR) is 102 cm³/mol. The fraction of sp³-hybridized carbons (Fsp3) is 0.500. The lowest BCUT2D eigenvalue weighted by Gasteiger charge is -2.20. The third kappa shape index (κ3) is 3.53. The first-order valence-electron chi connectivity index (χ1n) is 9.41. The van der Waals surface area contributed by atoms with E-state index >= 15 is 0 Å². The van der Waals surface area contributed by atoms with E-state index in [-0.39, 0.29) is 27.7 Å². The van der Waals surface area contributed by atoms with Crippen LogP contribution in [0.3, 0.4) is 0 Å². The third-order valence-electron chi connectivity index (χ3n) is 5.19. The Hall–Kier alpha value is -2.63. The number of alkyl halides is 3. The van der Waals surface area contributed by atoms with Crippen molar-refractivity contribution in [2.75, 3.05) is 5.75 Å². The van der Waals surface area contributed by atoms with Crippen LogP contribution in [0.5, 0.6) is 5.75 Å². The molecule has 0 amide bonds. The number of halogens is 3. The molecule has 1 aliphatic heterocycles. The van der Waals surface area contributed by atoms with Crippen LogP contribution in [0.4, 0.5) is 13.2 Å². The molecule has 162 valence electrons. The summed E-state index contributed by atoms with van der Waals surface area (Å²) in [4.78, 5) is 8.51. The van der Waals surface area contributed by atoms with Gasteiger partial charge in [-0.05, 0) is 18.8 Å². The van der Waals surface area contributed by atoms with Crippen LogP contribution >= 0.6 is 0 Å². The lowest BCUT2D eigenvalue weighted by atomic mass is 10.0. The molecule has 8 nitrogen and oxygen atoms in total. The predicted octanol–water partition coefficient (Wildman–Crippen LogP) is 3.11. The van der Waals surface area contributed by atoms with Crippen molar-refractivity contribution in [2.24, 2.45) is 13.0 Å². The number of imidazole rings is 1. The molecule has 0 aliphatic carbocycles. The Morgan fingerprint density at radius 3 is 2.73 bits per heavy atom. The first kappa shape index (κ1) is 20.6. The normalized spacial score (nSPS) is 17.3. The van der Waals surface area contributed by atoms with Crippen molar-refractivity contribution >= 4 is 21.0 Å². The van der Waals surface area contributed by atoms with Crippen molar-refractivity contribution in [3.05, 3.63) is 18.0 Å². The molecule has 0 saturated carbocycles. The van der Waals surface area contributed by atoms with Crippen LogP contribution in [0.2, 0.25) is 0 Å². The maximum atomic E-state index is 12.9. The van der Waals surface area contributed by atoms with Crippen molar-refractivity contribution in [3.63, 3.8) is 0 Å². The Morgan fingerprint density at radius 1 is 1.33 bits per heavy atom. The van der Waals surface area contributed by atoms with Crippen LogP contribution in [-0.4, -0.2) is 44.8 Å². The van der Waals surface area contributed by atoms with E-state index in [9.17, 15) is 21.6 Å². The lowest BCUT2D eigenvalue weighted by molar-refractivity contribution is -0.274.